The van der Waals surface area contributed by atoms with Gasteiger partial charge in [-0.15, -0.1) is 0 Å². The molecule has 0 aliphatic carbocycles. The van der Waals surface area contributed by atoms with Crippen molar-refractivity contribution < 1.29 is 19.0 Å². The number of morpholine rings is 1. The van der Waals surface area contributed by atoms with Crippen LogP contribution in [0.2, 0.25) is 0 Å². The highest BCUT2D eigenvalue weighted by Crippen LogP contribution is 2.26. The molecular weight excluding hydrogens is 246 g/mol. The maximum atomic E-state index is 12.0. The second-order valence-corrected chi connectivity index (χ2v) is 4.45. The molecule has 1 aromatic carbocycles. The molecule has 0 saturated carbocycles. The molecule has 1 fully saturated rings. The van der Waals surface area contributed by atoms with Gasteiger partial charge in [-0.25, -0.2) is 0 Å². The molecule has 0 spiro atoms. The van der Waals surface area contributed by atoms with Gasteiger partial charge in [-0.2, -0.15) is 0 Å². The van der Waals surface area contributed by atoms with Gasteiger partial charge in [0.1, 0.15) is 17.6 Å². The Balaban J connectivity index is 2.16. The first-order valence-electron chi connectivity index (χ1n) is 6.27. The molecule has 1 unspecified atom stereocenters. The molecule has 0 N–H and O–H groups in total. The van der Waals surface area contributed by atoms with Crippen LogP contribution in [0.15, 0.2) is 18.2 Å². The third-order valence-electron chi connectivity index (χ3n) is 3.24. The largest absolute Gasteiger partial charge is 0.497 e. The van der Waals surface area contributed by atoms with E-state index in [2.05, 4.69) is 0 Å². The van der Waals surface area contributed by atoms with Crippen LogP contribution in [0.1, 0.15) is 12.5 Å². The van der Waals surface area contributed by atoms with E-state index in [4.69, 9.17) is 14.2 Å². The average Bonchev–Trinajstić information content (AvgIpc) is 2.44. The van der Waals surface area contributed by atoms with Crippen LogP contribution < -0.4 is 9.47 Å². The zero-order valence-electron chi connectivity index (χ0n) is 11.5. The van der Waals surface area contributed by atoms with E-state index in [1.807, 2.05) is 18.2 Å². The highest BCUT2D eigenvalue weighted by atomic mass is 16.5. The third kappa shape index (κ3) is 2.98. The van der Waals surface area contributed by atoms with Crippen molar-refractivity contribution in [1.82, 2.24) is 4.90 Å². The number of nitrogens with zero attached hydrogens (tertiary/aromatic N) is 1. The fourth-order valence-electron chi connectivity index (χ4n) is 2.12. The molecule has 1 aliphatic heterocycles. The Labute approximate surface area is 113 Å². The highest BCUT2D eigenvalue weighted by Gasteiger charge is 2.26. The lowest BCUT2D eigenvalue weighted by atomic mass is 10.1. The number of rotatable bonds is 4. The van der Waals surface area contributed by atoms with Crippen LogP contribution in [0.5, 0.6) is 11.5 Å². The normalized spacial score (nSPS) is 19.4. The van der Waals surface area contributed by atoms with Crippen LogP contribution in [0.3, 0.4) is 0 Å². The molecule has 5 heteroatoms. The summed E-state index contributed by atoms with van der Waals surface area (Å²) >= 11 is 0. The van der Waals surface area contributed by atoms with Crippen molar-refractivity contribution in [2.24, 2.45) is 0 Å². The number of hydrogen-bond acceptors (Lipinski definition) is 4. The number of amides is 1. The molecule has 1 amide bonds. The minimum absolute atomic E-state index is 0.0177. The smallest absolute Gasteiger partial charge is 0.251 e. The number of benzene rings is 1. The molecule has 1 heterocycles. The molecule has 19 heavy (non-hydrogen) atoms. The van der Waals surface area contributed by atoms with E-state index in [-0.39, 0.29) is 12.0 Å². The van der Waals surface area contributed by atoms with E-state index in [1.165, 1.54) is 0 Å². The summed E-state index contributed by atoms with van der Waals surface area (Å²) in [7, 11) is 3.23. The monoisotopic (exact) mass is 265 g/mol. The first-order chi connectivity index (χ1) is 9.15. The Kier molecular flexibility index (Phi) is 4.27. The lowest BCUT2D eigenvalue weighted by Gasteiger charge is -2.31. The van der Waals surface area contributed by atoms with E-state index < -0.39 is 0 Å². The van der Waals surface area contributed by atoms with Gasteiger partial charge in [0, 0.05) is 24.7 Å². The minimum Gasteiger partial charge on any atom is -0.497 e. The summed E-state index contributed by atoms with van der Waals surface area (Å²) in [4.78, 5) is 13.8. The Morgan fingerprint density at radius 1 is 1.37 bits per heavy atom. The lowest BCUT2D eigenvalue weighted by Crippen LogP contribution is -2.45. The van der Waals surface area contributed by atoms with Gasteiger partial charge in [-0.1, -0.05) is 0 Å². The Hall–Kier alpha value is -1.75. The van der Waals surface area contributed by atoms with Gasteiger partial charge in [0.15, 0.2) is 0 Å². The zero-order valence-corrected chi connectivity index (χ0v) is 11.5. The van der Waals surface area contributed by atoms with Crippen LogP contribution in [-0.4, -0.2) is 44.3 Å². The van der Waals surface area contributed by atoms with Crippen LogP contribution in [0, 0.1) is 0 Å². The summed E-state index contributed by atoms with van der Waals surface area (Å²) in [5, 5.41) is 0. The fraction of sp³-hybridized carbons (Fsp3) is 0.500. The SMILES string of the molecule is COc1ccc(CN2CCOC(C)C2=O)c(OC)c1. The summed E-state index contributed by atoms with van der Waals surface area (Å²) in [6, 6.07) is 5.61. The Morgan fingerprint density at radius 2 is 2.16 bits per heavy atom. The summed E-state index contributed by atoms with van der Waals surface area (Å²) in [5.74, 6) is 1.48. The molecule has 0 bridgehead atoms. The molecular formula is C14H19NO4. The minimum atomic E-state index is -0.363. The van der Waals surface area contributed by atoms with Crippen molar-refractivity contribution in [3.8, 4) is 11.5 Å². The van der Waals surface area contributed by atoms with Crippen LogP contribution >= 0.6 is 0 Å². The van der Waals surface area contributed by atoms with Crippen LogP contribution in [0.4, 0.5) is 0 Å². The van der Waals surface area contributed by atoms with E-state index in [9.17, 15) is 4.79 Å². The molecule has 1 atom stereocenters. The molecule has 2 rings (SSSR count). The molecule has 1 aromatic rings. The number of ether oxygens (including phenoxy) is 3. The van der Waals surface area contributed by atoms with E-state index >= 15 is 0 Å². The van der Waals surface area contributed by atoms with Crippen molar-refractivity contribution in [3.05, 3.63) is 23.8 Å². The molecule has 0 aromatic heterocycles. The van der Waals surface area contributed by atoms with Gasteiger partial charge < -0.3 is 19.1 Å². The highest BCUT2D eigenvalue weighted by molar-refractivity contribution is 5.81. The van der Waals surface area contributed by atoms with Crippen LogP contribution in [0.25, 0.3) is 0 Å². The van der Waals surface area contributed by atoms with E-state index in [0.29, 0.717) is 19.7 Å². The summed E-state index contributed by atoms with van der Waals surface area (Å²) < 4.78 is 15.8. The molecule has 1 saturated heterocycles. The fourth-order valence-corrected chi connectivity index (χ4v) is 2.12. The maximum absolute atomic E-state index is 12.0. The van der Waals surface area contributed by atoms with Gasteiger partial charge in [-0.05, 0) is 19.1 Å². The molecule has 0 radical (unpaired) electrons. The Bertz CT molecular complexity index is 461. The number of methoxy groups -OCH3 is 2. The van der Waals surface area contributed by atoms with Gasteiger partial charge in [0.2, 0.25) is 0 Å². The van der Waals surface area contributed by atoms with Crippen molar-refractivity contribution >= 4 is 5.91 Å². The van der Waals surface area contributed by atoms with E-state index in [1.54, 1.807) is 26.0 Å². The van der Waals surface area contributed by atoms with Gasteiger partial charge >= 0.3 is 0 Å². The maximum Gasteiger partial charge on any atom is 0.251 e. The van der Waals surface area contributed by atoms with Gasteiger partial charge in [0.05, 0.1) is 20.8 Å². The molecule has 104 valence electrons. The second-order valence-electron chi connectivity index (χ2n) is 4.45. The van der Waals surface area contributed by atoms with Gasteiger partial charge in [-0.3, -0.25) is 4.79 Å². The van der Waals surface area contributed by atoms with Crippen LogP contribution in [-0.2, 0) is 16.1 Å². The summed E-state index contributed by atoms with van der Waals surface area (Å²) in [6.07, 6.45) is -0.363. The Morgan fingerprint density at radius 3 is 2.84 bits per heavy atom. The van der Waals surface area contributed by atoms with Crippen molar-refractivity contribution in [3.63, 3.8) is 0 Å². The quantitative estimate of drug-likeness (QED) is 0.826. The van der Waals surface area contributed by atoms with E-state index in [0.717, 1.165) is 17.1 Å². The number of hydrogen-bond donors (Lipinski definition) is 0. The first kappa shape index (κ1) is 13.7. The predicted octanol–water partition coefficient (Wildman–Crippen LogP) is 1.45. The number of carbonyl (C=O) groups is 1. The third-order valence-corrected chi connectivity index (χ3v) is 3.24. The molecule has 5 nitrogen and oxygen atoms in total. The zero-order chi connectivity index (χ0) is 13.8. The average molecular weight is 265 g/mol. The number of carbonyl (C=O) groups excluding carboxylic acids is 1. The summed E-state index contributed by atoms with van der Waals surface area (Å²) in [5.41, 5.74) is 0.964. The van der Waals surface area contributed by atoms with Crippen molar-refractivity contribution in [1.29, 1.82) is 0 Å². The first-order valence-corrected chi connectivity index (χ1v) is 6.27. The van der Waals surface area contributed by atoms with Crippen molar-refractivity contribution in [2.45, 2.75) is 19.6 Å². The lowest BCUT2D eigenvalue weighted by molar-refractivity contribution is -0.152. The summed E-state index contributed by atoms with van der Waals surface area (Å²) in [6.45, 7) is 3.49. The second kappa shape index (κ2) is 5.93. The molecule has 1 aliphatic rings. The standard InChI is InChI=1S/C14H19NO4/c1-10-14(16)15(6-7-19-10)9-11-4-5-12(17-2)8-13(11)18-3/h4-5,8,10H,6-7,9H2,1-3H3. The van der Waals surface area contributed by atoms with Gasteiger partial charge in [0.25, 0.3) is 5.91 Å². The van der Waals surface area contributed by atoms with Crippen molar-refractivity contribution in [2.75, 3.05) is 27.4 Å². The predicted molar refractivity (Wildman–Crippen MR) is 70.4 cm³/mol. The topological polar surface area (TPSA) is 48.0 Å².